The minimum Gasteiger partial charge on any atom is -0.462 e. The lowest BCUT2D eigenvalue weighted by atomic mass is 10.1. The molecule has 0 fully saturated rings. The molecule has 0 atom stereocenters. The molecular weight excluding hydrogens is 368 g/mol. The smallest absolute Gasteiger partial charge is 0.339 e. The predicted octanol–water partition coefficient (Wildman–Crippen LogP) is 5.94. The molecule has 0 unspecified atom stereocenters. The summed E-state index contributed by atoms with van der Waals surface area (Å²) in [6, 6.07) is 6.59. The molecule has 0 radical (unpaired) electrons. The number of carbonyl (C=O) groups excluding carboxylic acids is 2. The van der Waals surface area contributed by atoms with Gasteiger partial charge < -0.3 is 14.6 Å². The Hall–Kier alpha value is -1.88. The monoisotopic (exact) mass is 408 g/mol. The number of benzene rings is 1. The van der Waals surface area contributed by atoms with Crippen LogP contribution in [-0.4, -0.2) is 36.9 Å². The highest BCUT2D eigenvalue weighted by molar-refractivity contribution is 6.03. The van der Waals surface area contributed by atoms with E-state index in [0.29, 0.717) is 19.8 Å². The first-order chi connectivity index (χ1) is 14.1. The van der Waals surface area contributed by atoms with Gasteiger partial charge in [-0.1, -0.05) is 77.8 Å². The summed E-state index contributed by atoms with van der Waals surface area (Å²) in [6.07, 6.45) is 11.0. The van der Waals surface area contributed by atoms with Crippen molar-refractivity contribution in [1.82, 2.24) is 0 Å². The van der Waals surface area contributed by atoms with E-state index in [1.165, 1.54) is 32.1 Å². The molecule has 1 rings (SSSR count). The van der Waals surface area contributed by atoms with Crippen LogP contribution in [0.5, 0.6) is 0 Å². The first-order valence-corrected chi connectivity index (χ1v) is 11.2. The van der Waals surface area contributed by atoms with Crippen LogP contribution in [0.15, 0.2) is 24.3 Å². The second-order valence-corrected chi connectivity index (χ2v) is 7.02. The fraction of sp³-hybridized carbons (Fsp3) is 0.667. The normalized spacial score (nSPS) is 10.1. The lowest BCUT2D eigenvalue weighted by Crippen LogP contribution is -2.14. The number of esters is 2. The van der Waals surface area contributed by atoms with Gasteiger partial charge in [-0.05, 0) is 31.4 Å². The van der Waals surface area contributed by atoms with Gasteiger partial charge in [0.1, 0.15) is 0 Å². The van der Waals surface area contributed by atoms with Crippen molar-refractivity contribution < 1.29 is 24.2 Å². The second-order valence-electron chi connectivity index (χ2n) is 7.02. The van der Waals surface area contributed by atoms with Gasteiger partial charge in [0.2, 0.25) is 0 Å². The van der Waals surface area contributed by atoms with Crippen LogP contribution in [0.3, 0.4) is 0 Å². The van der Waals surface area contributed by atoms with E-state index in [0.717, 1.165) is 32.1 Å². The third-order valence-electron chi connectivity index (χ3n) is 4.34. The van der Waals surface area contributed by atoms with Crippen molar-refractivity contribution in [3.8, 4) is 0 Å². The summed E-state index contributed by atoms with van der Waals surface area (Å²) in [7, 11) is 0. The fourth-order valence-corrected chi connectivity index (χ4v) is 2.51. The zero-order valence-corrected chi connectivity index (χ0v) is 18.6. The second kappa shape index (κ2) is 19.4. The summed E-state index contributed by atoms with van der Waals surface area (Å²) in [4.78, 5) is 23.9. The Labute approximate surface area is 176 Å². The zero-order valence-electron chi connectivity index (χ0n) is 18.6. The molecule has 1 aromatic rings. The Kier molecular flexibility index (Phi) is 18.2. The summed E-state index contributed by atoms with van der Waals surface area (Å²) in [6.45, 7) is 7.36. The quantitative estimate of drug-likeness (QED) is 0.305. The van der Waals surface area contributed by atoms with Crippen LogP contribution < -0.4 is 0 Å². The van der Waals surface area contributed by atoms with Crippen molar-refractivity contribution in [1.29, 1.82) is 0 Å². The van der Waals surface area contributed by atoms with Crippen LogP contribution in [0, 0.1) is 0 Å². The van der Waals surface area contributed by atoms with Gasteiger partial charge in [-0.25, -0.2) is 9.59 Å². The van der Waals surface area contributed by atoms with E-state index in [1.807, 2.05) is 13.8 Å². The Bertz CT molecular complexity index is 495. The maximum absolute atomic E-state index is 11.9. The van der Waals surface area contributed by atoms with Crippen molar-refractivity contribution in [2.75, 3.05) is 19.8 Å². The molecule has 29 heavy (non-hydrogen) atoms. The topological polar surface area (TPSA) is 72.8 Å². The largest absolute Gasteiger partial charge is 0.462 e. The standard InChI is InChI=1S/C16H22O4.C8H18O/c1-3-5-11-19-15(17)13-9-7-8-10-14(13)16(18)20-12-6-4-2;1-2-3-4-5-6-7-8-9/h7-10H,3-6,11-12H2,1-2H3;9H,2-8H2,1H3. The Morgan fingerprint density at radius 1 is 0.690 bits per heavy atom. The molecule has 0 aromatic heterocycles. The van der Waals surface area contributed by atoms with E-state index in [9.17, 15) is 9.59 Å². The summed E-state index contributed by atoms with van der Waals surface area (Å²) in [5.41, 5.74) is 0.537. The molecule has 0 aliphatic carbocycles. The molecule has 5 heteroatoms. The molecule has 166 valence electrons. The SMILES string of the molecule is CCCCCCCCO.CCCCOC(=O)c1ccccc1C(=O)OCCCC. The summed E-state index contributed by atoms with van der Waals surface area (Å²) < 4.78 is 10.3. The lowest BCUT2D eigenvalue weighted by molar-refractivity contribution is 0.0452. The van der Waals surface area contributed by atoms with Gasteiger partial charge in [0.25, 0.3) is 0 Å². The molecule has 0 saturated carbocycles. The van der Waals surface area contributed by atoms with Crippen LogP contribution in [0.4, 0.5) is 0 Å². The van der Waals surface area contributed by atoms with E-state index in [1.54, 1.807) is 24.3 Å². The maximum Gasteiger partial charge on any atom is 0.339 e. The van der Waals surface area contributed by atoms with Crippen molar-refractivity contribution in [2.45, 2.75) is 85.0 Å². The van der Waals surface area contributed by atoms with Gasteiger partial charge in [0.05, 0.1) is 24.3 Å². The van der Waals surface area contributed by atoms with Gasteiger partial charge in [-0.3, -0.25) is 0 Å². The summed E-state index contributed by atoms with van der Waals surface area (Å²) in [5.74, 6) is -0.942. The summed E-state index contributed by atoms with van der Waals surface area (Å²) in [5, 5.41) is 8.42. The molecular formula is C24H40O5. The number of aliphatic hydroxyl groups is 1. The molecule has 0 spiro atoms. The van der Waals surface area contributed by atoms with Crippen molar-refractivity contribution in [3.05, 3.63) is 35.4 Å². The molecule has 0 saturated heterocycles. The molecule has 0 bridgehead atoms. The number of hydrogen-bond donors (Lipinski definition) is 1. The van der Waals surface area contributed by atoms with E-state index in [-0.39, 0.29) is 11.1 Å². The van der Waals surface area contributed by atoms with Gasteiger partial charge in [-0.15, -0.1) is 0 Å². The van der Waals surface area contributed by atoms with Crippen LogP contribution in [-0.2, 0) is 9.47 Å². The number of ether oxygens (including phenoxy) is 2. The average Bonchev–Trinajstić information content (AvgIpc) is 2.74. The van der Waals surface area contributed by atoms with E-state index >= 15 is 0 Å². The van der Waals surface area contributed by atoms with Crippen molar-refractivity contribution in [3.63, 3.8) is 0 Å². The van der Waals surface area contributed by atoms with Gasteiger partial charge >= 0.3 is 11.9 Å². The molecule has 0 heterocycles. The zero-order chi connectivity index (χ0) is 21.7. The minimum atomic E-state index is -0.471. The third-order valence-corrected chi connectivity index (χ3v) is 4.34. The van der Waals surface area contributed by atoms with E-state index in [4.69, 9.17) is 14.6 Å². The van der Waals surface area contributed by atoms with E-state index < -0.39 is 11.9 Å². The highest BCUT2D eigenvalue weighted by atomic mass is 16.5. The Balaban J connectivity index is 0.000000734. The number of rotatable bonds is 14. The van der Waals surface area contributed by atoms with Gasteiger partial charge in [-0.2, -0.15) is 0 Å². The van der Waals surface area contributed by atoms with Gasteiger partial charge in [0, 0.05) is 6.61 Å². The number of carbonyl (C=O) groups is 2. The van der Waals surface area contributed by atoms with Crippen molar-refractivity contribution >= 4 is 11.9 Å². The van der Waals surface area contributed by atoms with Crippen LogP contribution in [0.1, 0.15) is 106 Å². The Morgan fingerprint density at radius 2 is 1.10 bits per heavy atom. The third kappa shape index (κ3) is 13.9. The molecule has 0 aliphatic heterocycles. The molecule has 0 aliphatic rings. The average molecular weight is 409 g/mol. The number of aliphatic hydroxyl groups excluding tert-OH is 1. The van der Waals surface area contributed by atoms with Crippen LogP contribution in [0.25, 0.3) is 0 Å². The minimum absolute atomic E-state index is 0.269. The summed E-state index contributed by atoms with van der Waals surface area (Å²) >= 11 is 0. The van der Waals surface area contributed by atoms with Crippen LogP contribution >= 0.6 is 0 Å². The van der Waals surface area contributed by atoms with Crippen LogP contribution in [0.2, 0.25) is 0 Å². The predicted molar refractivity (Wildman–Crippen MR) is 117 cm³/mol. The van der Waals surface area contributed by atoms with Crippen molar-refractivity contribution in [2.24, 2.45) is 0 Å². The highest BCUT2D eigenvalue weighted by Crippen LogP contribution is 2.12. The number of unbranched alkanes of at least 4 members (excludes halogenated alkanes) is 7. The van der Waals surface area contributed by atoms with Gasteiger partial charge in [0.15, 0.2) is 0 Å². The number of hydrogen-bond acceptors (Lipinski definition) is 5. The van der Waals surface area contributed by atoms with E-state index in [2.05, 4.69) is 6.92 Å². The molecule has 0 amide bonds. The fourth-order valence-electron chi connectivity index (χ4n) is 2.51. The molecule has 1 aromatic carbocycles. The first kappa shape index (κ1) is 27.1. The first-order valence-electron chi connectivity index (χ1n) is 11.2. The lowest BCUT2D eigenvalue weighted by Gasteiger charge is -2.09. The molecule has 1 N–H and O–H groups in total. The highest BCUT2D eigenvalue weighted by Gasteiger charge is 2.18. The Morgan fingerprint density at radius 3 is 1.52 bits per heavy atom. The maximum atomic E-state index is 11.9. The molecule has 5 nitrogen and oxygen atoms in total.